The van der Waals surface area contributed by atoms with Gasteiger partial charge in [-0.1, -0.05) is 25.1 Å². The van der Waals surface area contributed by atoms with Crippen LogP contribution >= 0.6 is 0 Å². The average Bonchev–Trinajstić information content (AvgIpc) is 2.65. The molecule has 0 spiro atoms. The molecule has 1 saturated heterocycles. The molecule has 0 radical (unpaired) electrons. The number of piperidine rings is 1. The van der Waals surface area contributed by atoms with Gasteiger partial charge in [0.2, 0.25) is 0 Å². The fourth-order valence-corrected chi connectivity index (χ4v) is 3.18. The molecule has 4 heteroatoms. The highest BCUT2D eigenvalue weighted by atomic mass is 16.5. The molecule has 2 aromatic rings. The third kappa shape index (κ3) is 5.07. The molecule has 0 saturated carbocycles. The van der Waals surface area contributed by atoms with Gasteiger partial charge in [0.25, 0.3) is 5.91 Å². The SMILES string of the molecule is CCCN1CCC(NC(=O)c2ccc(Oc3ccccc3)cc2)CC1. The molecule has 0 unspecified atom stereocenters. The first-order valence-corrected chi connectivity index (χ1v) is 9.11. The molecule has 3 rings (SSSR count). The lowest BCUT2D eigenvalue weighted by Crippen LogP contribution is -2.44. The number of ether oxygens (including phenoxy) is 1. The maximum atomic E-state index is 12.4. The number of amides is 1. The number of nitrogens with zero attached hydrogens (tertiary/aromatic N) is 1. The van der Waals surface area contributed by atoms with E-state index in [0.717, 1.165) is 44.0 Å². The number of nitrogens with one attached hydrogen (secondary N) is 1. The molecule has 1 fully saturated rings. The van der Waals surface area contributed by atoms with Gasteiger partial charge in [0.15, 0.2) is 0 Å². The minimum Gasteiger partial charge on any atom is -0.457 e. The van der Waals surface area contributed by atoms with E-state index in [2.05, 4.69) is 17.1 Å². The molecule has 4 nitrogen and oxygen atoms in total. The van der Waals surface area contributed by atoms with Crippen molar-refractivity contribution in [3.63, 3.8) is 0 Å². The van der Waals surface area contributed by atoms with E-state index in [9.17, 15) is 4.79 Å². The zero-order valence-electron chi connectivity index (χ0n) is 14.8. The first-order chi connectivity index (χ1) is 12.2. The Labute approximate surface area is 149 Å². The molecule has 1 amide bonds. The van der Waals surface area contributed by atoms with Gasteiger partial charge in [-0.3, -0.25) is 4.79 Å². The summed E-state index contributed by atoms with van der Waals surface area (Å²) >= 11 is 0. The van der Waals surface area contributed by atoms with Gasteiger partial charge in [-0.25, -0.2) is 0 Å². The van der Waals surface area contributed by atoms with Gasteiger partial charge in [0, 0.05) is 24.7 Å². The summed E-state index contributed by atoms with van der Waals surface area (Å²) in [6.45, 7) is 5.51. The van der Waals surface area contributed by atoms with Gasteiger partial charge in [-0.05, 0) is 62.2 Å². The van der Waals surface area contributed by atoms with Crippen LogP contribution in [0.25, 0.3) is 0 Å². The number of para-hydroxylation sites is 1. The molecular formula is C21H26N2O2. The minimum absolute atomic E-state index is 0.000188. The lowest BCUT2D eigenvalue weighted by molar-refractivity contribution is 0.0911. The molecule has 2 aromatic carbocycles. The molecule has 1 aliphatic heterocycles. The van der Waals surface area contributed by atoms with Crippen LogP contribution in [0.15, 0.2) is 54.6 Å². The zero-order chi connectivity index (χ0) is 17.5. The second-order valence-corrected chi connectivity index (χ2v) is 6.53. The van der Waals surface area contributed by atoms with E-state index >= 15 is 0 Å². The third-order valence-corrected chi connectivity index (χ3v) is 4.56. The minimum atomic E-state index is 0.000188. The highest BCUT2D eigenvalue weighted by Gasteiger charge is 2.20. The van der Waals surface area contributed by atoms with Crippen LogP contribution in [0.3, 0.4) is 0 Å². The second kappa shape index (κ2) is 8.67. The summed E-state index contributed by atoms with van der Waals surface area (Å²) < 4.78 is 5.76. The van der Waals surface area contributed by atoms with Crippen LogP contribution in [0, 0.1) is 0 Å². The van der Waals surface area contributed by atoms with Gasteiger partial charge in [-0.2, -0.15) is 0 Å². The number of carbonyl (C=O) groups excluding carboxylic acids is 1. The zero-order valence-corrected chi connectivity index (χ0v) is 14.8. The van der Waals surface area contributed by atoms with Gasteiger partial charge in [-0.15, -0.1) is 0 Å². The summed E-state index contributed by atoms with van der Waals surface area (Å²) in [5.74, 6) is 1.52. The fraction of sp³-hybridized carbons (Fsp3) is 0.381. The van der Waals surface area contributed by atoms with E-state index < -0.39 is 0 Å². The van der Waals surface area contributed by atoms with Gasteiger partial charge in [0.1, 0.15) is 11.5 Å². The summed E-state index contributed by atoms with van der Waals surface area (Å²) in [4.78, 5) is 14.9. The molecule has 0 aromatic heterocycles. The Hall–Kier alpha value is -2.33. The molecular weight excluding hydrogens is 312 g/mol. The van der Waals surface area contributed by atoms with Crippen molar-refractivity contribution in [2.75, 3.05) is 19.6 Å². The molecule has 0 atom stereocenters. The Morgan fingerprint density at radius 3 is 2.32 bits per heavy atom. The lowest BCUT2D eigenvalue weighted by Gasteiger charge is -2.32. The van der Waals surface area contributed by atoms with Gasteiger partial charge < -0.3 is 15.0 Å². The normalized spacial score (nSPS) is 15.7. The third-order valence-electron chi connectivity index (χ3n) is 4.56. The van der Waals surface area contributed by atoms with Gasteiger partial charge in [0.05, 0.1) is 0 Å². The number of hydrogen-bond donors (Lipinski definition) is 1. The van der Waals surface area contributed by atoms with E-state index in [1.54, 1.807) is 0 Å². The first kappa shape index (κ1) is 17.5. The quantitative estimate of drug-likeness (QED) is 0.863. The van der Waals surface area contributed by atoms with Gasteiger partial charge >= 0.3 is 0 Å². The maximum Gasteiger partial charge on any atom is 0.251 e. The molecule has 0 bridgehead atoms. The maximum absolute atomic E-state index is 12.4. The van der Waals surface area contributed by atoms with Crippen LogP contribution in [0.1, 0.15) is 36.5 Å². The van der Waals surface area contributed by atoms with Crippen molar-refractivity contribution in [3.8, 4) is 11.5 Å². The molecule has 25 heavy (non-hydrogen) atoms. The Bertz CT molecular complexity index is 662. The van der Waals surface area contributed by atoms with Crippen LogP contribution < -0.4 is 10.1 Å². The summed E-state index contributed by atoms with van der Waals surface area (Å²) in [6.07, 6.45) is 3.25. The van der Waals surface area contributed by atoms with E-state index in [4.69, 9.17) is 4.74 Å². The summed E-state index contributed by atoms with van der Waals surface area (Å²) in [6, 6.07) is 17.2. The highest BCUT2D eigenvalue weighted by molar-refractivity contribution is 5.94. The van der Waals surface area contributed by atoms with Crippen LogP contribution in [0.4, 0.5) is 0 Å². The average molecular weight is 338 g/mol. The largest absolute Gasteiger partial charge is 0.457 e. The number of rotatable bonds is 6. The summed E-state index contributed by atoms with van der Waals surface area (Å²) in [5.41, 5.74) is 0.677. The van der Waals surface area contributed by atoms with Crippen molar-refractivity contribution in [3.05, 3.63) is 60.2 Å². The van der Waals surface area contributed by atoms with Crippen molar-refractivity contribution in [1.29, 1.82) is 0 Å². The fourth-order valence-electron chi connectivity index (χ4n) is 3.18. The number of benzene rings is 2. The topological polar surface area (TPSA) is 41.6 Å². The smallest absolute Gasteiger partial charge is 0.251 e. The van der Waals surface area contributed by atoms with Crippen molar-refractivity contribution < 1.29 is 9.53 Å². The predicted molar refractivity (Wildman–Crippen MR) is 100 cm³/mol. The standard InChI is InChI=1S/C21H26N2O2/c1-2-14-23-15-12-18(13-16-23)22-21(24)17-8-10-20(11-9-17)25-19-6-4-3-5-7-19/h3-11,18H,2,12-16H2,1H3,(H,22,24). The number of carbonyl (C=O) groups is 1. The Morgan fingerprint density at radius 1 is 1.04 bits per heavy atom. The Morgan fingerprint density at radius 2 is 1.68 bits per heavy atom. The number of likely N-dealkylation sites (tertiary alicyclic amines) is 1. The monoisotopic (exact) mass is 338 g/mol. The molecule has 132 valence electrons. The highest BCUT2D eigenvalue weighted by Crippen LogP contribution is 2.21. The lowest BCUT2D eigenvalue weighted by atomic mass is 10.0. The van der Waals surface area contributed by atoms with E-state index in [-0.39, 0.29) is 11.9 Å². The molecule has 1 N–H and O–H groups in total. The van der Waals surface area contributed by atoms with E-state index in [1.807, 2.05) is 54.6 Å². The number of hydrogen-bond acceptors (Lipinski definition) is 3. The van der Waals surface area contributed by atoms with Crippen molar-refractivity contribution in [2.24, 2.45) is 0 Å². The predicted octanol–water partition coefficient (Wildman–Crippen LogP) is 4.08. The van der Waals surface area contributed by atoms with Crippen molar-refractivity contribution >= 4 is 5.91 Å². The van der Waals surface area contributed by atoms with E-state index in [1.165, 1.54) is 6.42 Å². The summed E-state index contributed by atoms with van der Waals surface area (Å²) in [7, 11) is 0. The van der Waals surface area contributed by atoms with Crippen molar-refractivity contribution in [1.82, 2.24) is 10.2 Å². The first-order valence-electron chi connectivity index (χ1n) is 9.11. The van der Waals surface area contributed by atoms with Crippen molar-refractivity contribution in [2.45, 2.75) is 32.2 Å². The summed E-state index contributed by atoms with van der Waals surface area (Å²) in [5, 5.41) is 3.16. The Balaban J connectivity index is 1.51. The van der Waals surface area contributed by atoms with Crippen LogP contribution in [0.2, 0.25) is 0 Å². The van der Waals surface area contributed by atoms with Crippen LogP contribution in [-0.4, -0.2) is 36.5 Å². The Kier molecular flexibility index (Phi) is 6.07. The van der Waals surface area contributed by atoms with Crippen LogP contribution in [0.5, 0.6) is 11.5 Å². The second-order valence-electron chi connectivity index (χ2n) is 6.53. The molecule has 1 heterocycles. The molecule has 1 aliphatic rings. The van der Waals surface area contributed by atoms with E-state index in [0.29, 0.717) is 5.56 Å². The molecule has 0 aliphatic carbocycles. The van der Waals surface area contributed by atoms with Crippen LogP contribution in [-0.2, 0) is 0 Å².